The van der Waals surface area contributed by atoms with Crippen LogP contribution in [0.3, 0.4) is 0 Å². The molecule has 1 aliphatic heterocycles. The fraction of sp³-hybridized carbons (Fsp3) is 0.667. The van der Waals surface area contributed by atoms with E-state index in [1.54, 1.807) is 6.20 Å². The highest BCUT2D eigenvalue weighted by molar-refractivity contribution is 6.16. The van der Waals surface area contributed by atoms with E-state index in [-0.39, 0.29) is 0 Å². The molecule has 4 nitrogen and oxygen atoms in total. The Labute approximate surface area is 108 Å². The van der Waals surface area contributed by atoms with Crippen molar-refractivity contribution in [1.29, 1.82) is 0 Å². The van der Waals surface area contributed by atoms with Crippen LogP contribution in [0.5, 0.6) is 0 Å². The number of halogens is 1. The van der Waals surface area contributed by atoms with Gasteiger partial charge in [-0.15, -0.1) is 11.6 Å². The van der Waals surface area contributed by atoms with Crippen LogP contribution in [-0.4, -0.2) is 47.6 Å². The summed E-state index contributed by atoms with van der Waals surface area (Å²) in [5.41, 5.74) is 0.847. The predicted molar refractivity (Wildman–Crippen MR) is 70.5 cm³/mol. The normalized spacial score (nSPS) is 17.4. The molecule has 1 saturated heterocycles. The van der Waals surface area contributed by atoms with Crippen LogP contribution in [0.4, 0.5) is 5.82 Å². The van der Waals surface area contributed by atoms with Crippen molar-refractivity contribution in [3.8, 4) is 0 Å². The summed E-state index contributed by atoms with van der Waals surface area (Å²) in [4.78, 5) is 13.5. The fourth-order valence-electron chi connectivity index (χ4n) is 2.13. The van der Waals surface area contributed by atoms with Crippen molar-refractivity contribution >= 4 is 17.4 Å². The molecule has 1 aromatic heterocycles. The van der Waals surface area contributed by atoms with Crippen LogP contribution in [0.25, 0.3) is 0 Å². The molecular weight excluding hydrogens is 236 g/mol. The Morgan fingerprint density at radius 2 is 2.00 bits per heavy atom. The highest BCUT2D eigenvalue weighted by atomic mass is 35.5. The van der Waals surface area contributed by atoms with E-state index in [1.807, 2.05) is 6.20 Å². The average Bonchev–Trinajstić information content (AvgIpc) is 2.40. The zero-order valence-electron chi connectivity index (χ0n) is 10.3. The third kappa shape index (κ3) is 3.30. The number of piperazine rings is 1. The van der Waals surface area contributed by atoms with Gasteiger partial charge in [-0.05, 0) is 13.0 Å². The Morgan fingerprint density at radius 3 is 2.65 bits per heavy atom. The summed E-state index contributed by atoms with van der Waals surface area (Å²) in [6.45, 7) is 7.70. The lowest BCUT2D eigenvalue weighted by molar-refractivity contribution is 0.258. The zero-order valence-corrected chi connectivity index (χ0v) is 11.0. The number of anilines is 1. The summed E-state index contributed by atoms with van der Waals surface area (Å²) in [7, 11) is 0. The highest BCUT2D eigenvalue weighted by Crippen LogP contribution is 2.13. The lowest BCUT2D eigenvalue weighted by atomic mass is 10.3. The summed E-state index contributed by atoms with van der Waals surface area (Å²) in [5, 5.41) is 0. The van der Waals surface area contributed by atoms with E-state index < -0.39 is 0 Å². The van der Waals surface area contributed by atoms with Gasteiger partial charge in [0, 0.05) is 32.4 Å². The molecule has 17 heavy (non-hydrogen) atoms. The molecule has 0 bridgehead atoms. The van der Waals surface area contributed by atoms with Crippen molar-refractivity contribution < 1.29 is 0 Å². The molecule has 0 radical (unpaired) electrons. The summed E-state index contributed by atoms with van der Waals surface area (Å²) in [6.07, 6.45) is 4.77. The van der Waals surface area contributed by atoms with Crippen LogP contribution < -0.4 is 4.90 Å². The van der Waals surface area contributed by atoms with Gasteiger partial charge in [0.1, 0.15) is 5.82 Å². The Morgan fingerprint density at radius 1 is 1.24 bits per heavy atom. The number of hydrogen-bond acceptors (Lipinski definition) is 4. The maximum Gasteiger partial charge on any atom is 0.147 e. The van der Waals surface area contributed by atoms with Gasteiger partial charge in [0.2, 0.25) is 0 Å². The number of hydrogen-bond donors (Lipinski definition) is 0. The van der Waals surface area contributed by atoms with Crippen LogP contribution in [0.1, 0.15) is 19.0 Å². The molecule has 0 spiro atoms. The minimum atomic E-state index is 0.427. The second-order valence-electron chi connectivity index (χ2n) is 4.33. The molecule has 94 valence electrons. The first-order valence-corrected chi connectivity index (χ1v) is 6.71. The molecule has 0 aromatic carbocycles. The van der Waals surface area contributed by atoms with E-state index in [0.29, 0.717) is 5.88 Å². The van der Waals surface area contributed by atoms with Crippen LogP contribution in [0.2, 0.25) is 0 Å². The molecular formula is C12H19ClN4. The van der Waals surface area contributed by atoms with E-state index >= 15 is 0 Å². The Hall–Kier alpha value is -0.870. The minimum absolute atomic E-state index is 0.427. The van der Waals surface area contributed by atoms with Gasteiger partial charge in [0.15, 0.2) is 0 Å². The predicted octanol–water partition coefficient (Wildman–Crippen LogP) is 1.75. The summed E-state index contributed by atoms with van der Waals surface area (Å²) >= 11 is 5.77. The molecule has 2 rings (SSSR count). The number of nitrogens with zero attached hydrogens (tertiary/aromatic N) is 4. The van der Waals surface area contributed by atoms with Gasteiger partial charge in [-0.3, -0.25) is 9.88 Å². The SMILES string of the molecule is CCCN1CCN(c2cncc(CCl)n2)CC1. The molecule has 5 heteroatoms. The van der Waals surface area contributed by atoms with E-state index in [9.17, 15) is 0 Å². The van der Waals surface area contributed by atoms with Gasteiger partial charge in [0.25, 0.3) is 0 Å². The van der Waals surface area contributed by atoms with Gasteiger partial charge < -0.3 is 4.90 Å². The molecule has 0 atom stereocenters. The number of aromatic nitrogens is 2. The first kappa shape index (κ1) is 12.6. The van der Waals surface area contributed by atoms with Crippen molar-refractivity contribution in [3.63, 3.8) is 0 Å². The summed E-state index contributed by atoms with van der Waals surface area (Å²) in [6, 6.07) is 0. The van der Waals surface area contributed by atoms with Gasteiger partial charge >= 0.3 is 0 Å². The van der Waals surface area contributed by atoms with E-state index in [0.717, 1.165) is 37.7 Å². The molecule has 0 saturated carbocycles. The molecule has 0 amide bonds. The quantitative estimate of drug-likeness (QED) is 0.767. The van der Waals surface area contributed by atoms with E-state index in [4.69, 9.17) is 11.6 Å². The van der Waals surface area contributed by atoms with Crippen LogP contribution in [0.15, 0.2) is 12.4 Å². The first-order valence-electron chi connectivity index (χ1n) is 6.17. The van der Waals surface area contributed by atoms with Crippen LogP contribution in [0, 0.1) is 0 Å². The molecule has 1 fully saturated rings. The minimum Gasteiger partial charge on any atom is -0.353 e. The van der Waals surface area contributed by atoms with E-state index in [2.05, 4.69) is 26.7 Å². The third-order valence-electron chi connectivity index (χ3n) is 3.04. The lowest BCUT2D eigenvalue weighted by Gasteiger charge is -2.35. The fourth-order valence-corrected chi connectivity index (χ4v) is 2.26. The zero-order chi connectivity index (χ0) is 12.1. The Kier molecular flexibility index (Phi) is 4.57. The molecule has 0 N–H and O–H groups in total. The number of rotatable bonds is 4. The second-order valence-corrected chi connectivity index (χ2v) is 4.60. The van der Waals surface area contributed by atoms with Crippen molar-refractivity contribution in [2.75, 3.05) is 37.6 Å². The standard InChI is InChI=1S/C12H19ClN4/c1-2-3-16-4-6-17(7-5-16)12-10-14-9-11(8-13)15-12/h9-10H,2-8H2,1H3. The molecule has 2 heterocycles. The van der Waals surface area contributed by atoms with Gasteiger partial charge in [-0.25, -0.2) is 4.98 Å². The van der Waals surface area contributed by atoms with Gasteiger partial charge in [-0.1, -0.05) is 6.92 Å². The lowest BCUT2D eigenvalue weighted by Crippen LogP contribution is -2.46. The molecule has 1 aliphatic rings. The summed E-state index contributed by atoms with van der Waals surface area (Å²) in [5.74, 6) is 1.38. The Bertz CT molecular complexity index is 350. The monoisotopic (exact) mass is 254 g/mol. The maximum atomic E-state index is 5.77. The highest BCUT2D eigenvalue weighted by Gasteiger charge is 2.17. The summed E-state index contributed by atoms with van der Waals surface area (Å²) < 4.78 is 0. The average molecular weight is 255 g/mol. The van der Waals surface area contributed by atoms with Crippen molar-refractivity contribution in [2.45, 2.75) is 19.2 Å². The second kappa shape index (κ2) is 6.17. The van der Waals surface area contributed by atoms with Gasteiger partial charge in [0.05, 0.1) is 17.8 Å². The Balaban J connectivity index is 1.95. The van der Waals surface area contributed by atoms with Gasteiger partial charge in [-0.2, -0.15) is 0 Å². The van der Waals surface area contributed by atoms with Crippen molar-refractivity contribution in [3.05, 3.63) is 18.1 Å². The maximum absolute atomic E-state index is 5.77. The van der Waals surface area contributed by atoms with Crippen LogP contribution in [-0.2, 0) is 5.88 Å². The smallest absolute Gasteiger partial charge is 0.147 e. The van der Waals surface area contributed by atoms with E-state index in [1.165, 1.54) is 13.0 Å². The van der Waals surface area contributed by atoms with Crippen LogP contribution >= 0.6 is 11.6 Å². The molecule has 0 aliphatic carbocycles. The molecule has 1 aromatic rings. The van der Waals surface area contributed by atoms with Crippen molar-refractivity contribution in [2.24, 2.45) is 0 Å². The molecule has 0 unspecified atom stereocenters. The topological polar surface area (TPSA) is 32.3 Å². The largest absolute Gasteiger partial charge is 0.353 e. The van der Waals surface area contributed by atoms with Crippen molar-refractivity contribution in [1.82, 2.24) is 14.9 Å². The first-order chi connectivity index (χ1) is 8.33. The third-order valence-corrected chi connectivity index (χ3v) is 3.32. The number of alkyl halides is 1.